The summed E-state index contributed by atoms with van der Waals surface area (Å²) >= 11 is 7.13. The summed E-state index contributed by atoms with van der Waals surface area (Å²) in [7, 11) is 0. The first-order chi connectivity index (χ1) is 11.1. The van der Waals surface area contributed by atoms with Crippen LogP contribution < -0.4 is 5.32 Å². The van der Waals surface area contributed by atoms with Crippen LogP contribution in [0.2, 0.25) is 5.02 Å². The molecule has 0 aliphatic heterocycles. The highest BCUT2D eigenvalue weighted by Crippen LogP contribution is 2.25. The molecule has 116 valence electrons. The summed E-state index contributed by atoms with van der Waals surface area (Å²) in [6, 6.07) is 17.0. The monoisotopic (exact) mass is 343 g/mol. The summed E-state index contributed by atoms with van der Waals surface area (Å²) in [4.78, 5) is 12.3. The molecule has 1 heterocycles. The SMILES string of the molecule is C[C@H](NC(=O)c1nnc(-c2ccc(Cl)cc2)s1)c1ccccc1. The minimum Gasteiger partial charge on any atom is -0.343 e. The van der Waals surface area contributed by atoms with Gasteiger partial charge in [0.2, 0.25) is 5.01 Å². The van der Waals surface area contributed by atoms with Gasteiger partial charge in [-0.05, 0) is 24.6 Å². The lowest BCUT2D eigenvalue weighted by Crippen LogP contribution is -2.26. The third-order valence-corrected chi connectivity index (χ3v) is 4.58. The normalized spacial score (nSPS) is 11.9. The first kappa shape index (κ1) is 15.6. The van der Waals surface area contributed by atoms with Crippen molar-refractivity contribution in [3.63, 3.8) is 0 Å². The lowest BCUT2D eigenvalue weighted by Gasteiger charge is -2.12. The molecule has 1 N–H and O–H groups in total. The number of halogens is 1. The molecule has 6 heteroatoms. The molecule has 0 bridgehead atoms. The average molecular weight is 344 g/mol. The van der Waals surface area contributed by atoms with Crippen LogP contribution in [0.4, 0.5) is 0 Å². The van der Waals surface area contributed by atoms with Crippen LogP contribution in [-0.4, -0.2) is 16.1 Å². The molecule has 1 atom stereocenters. The molecule has 0 saturated heterocycles. The third kappa shape index (κ3) is 3.75. The lowest BCUT2D eigenvalue weighted by atomic mass is 10.1. The summed E-state index contributed by atoms with van der Waals surface area (Å²) in [6.45, 7) is 1.94. The fraction of sp³-hybridized carbons (Fsp3) is 0.118. The Hall–Kier alpha value is -2.24. The maximum absolute atomic E-state index is 12.3. The van der Waals surface area contributed by atoms with Gasteiger partial charge in [0, 0.05) is 10.6 Å². The smallest absolute Gasteiger partial charge is 0.282 e. The van der Waals surface area contributed by atoms with Crippen molar-refractivity contribution in [3.8, 4) is 10.6 Å². The number of hydrogen-bond acceptors (Lipinski definition) is 4. The first-order valence-electron chi connectivity index (χ1n) is 7.09. The fourth-order valence-electron chi connectivity index (χ4n) is 2.11. The molecule has 0 fully saturated rings. The molecule has 1 aromatic heterocycles. The van der Waals surface area contributed by atoms with Crippen LogP contribution in [0.1, 0.15) is 28.3 Å². The van der Waals surface area contributed by atoms with E-state index in [1.165, 1.54) is 11.3 Å². The highest BCUT2D eigenvalue weighted by molar-refractivity contribution is 7.16. The van der Waals surface area contributed by atoms with E-state index in [9.17, 15) is 4.79 Å². The number of hydrogen-bond donors (Lipinski definition) is 1. The van der Waals surface area contributed by atoms with Gasteiger partial charge in [-0.1, -0.05) is 65.4 Å². The Kier molecular flexibility index (Phi) is 4.69. The first-order valence-corrected chi connectivity index (χ1v) is 8.28. The van der Waals surface area contributed by atoms with Crippen molar-refractivity contribution in [2.75, 3.05) is 0 Å². The molecule has 1 amide bonds. The Labute approximate surface area is 143 Å². The molecule has 0 unspecified atom stereocenters. The number of rotatable bonds is 4. The number of nitrogens with zero attached hydrogens (tertiary/aromatic N) is 2. The molecule has 4 nitrogen and oxygen atoms in total. The number of benzene rings is 2. The van der Waals surface area contributed by atoms with E-state index in [1.54, 1.807) is 12.1 Å². The third-order valence-electron chi connectivity index (χ3n) is 3.36. The van der Waals surface area contributed by atoms with E-state index in [0.717, 1.165) is 11.1 Å². The zero-order valence-corrected chi connectivity index (χ0v) is 13.9. The van der Waals surface area contributed by atoms with E-state index in [0.29, 0.717) is 15.0 Å². The Morgan fingerprint density at radius 2 is 1.78 bits per heavy atom. The summed E-state index contributed by atoms with van der Waals surface area (Å²) in [5, 5.41) is 12.7. The number of amides is 1. The van der Waals surface area contributed by atoms with Gasteiger partial charge < -0.3 is 5.32 Å². The van der Waals surface area contributed by atoms with Crippen LogP contribution in [0, 0.1) is 0 Å². The maximum atomic E-state index is 12.3. The molecular formula is C17H14ClN3OS. The second-order valence-electron chi connectivity index (χ2n) is 5.03. The van der Waals surface area contributed by atoms with Crippen molar-refractivity contribution in [2.24, 2.45) is 0 Å². The molecule has 23 heavy (non-hydrogen) atoms. The van der Waals surface area contributed by atoms with E-state index in [4.69, 9.17) is 11.6 Å². The van der Waals surface area contributed by atoms with Gasteiger partial charge in [-0.2, -0.15) is 0 Å². The number of carbonyl (C=O) groups excluding carboxylic acids is 1. The molecule has 0 aliphatic rings. The predicted molar refractivity (Wildman–Crippen MR) is 92.7 cm³/mol. The van der Waals surface area contributed by atoms with E-state index < -0.39 is 0 Å². The number of nitrogens with one attached hydrogen (secondary N) is 1. The van der Waals surface area contributed by atoms with Crippen molar-refractivity contribution in [1.82, 2.24) is 15.5 Å². The lowest BCUT2D eigenvalue weighted by molar-refractivity contribution is 0.0939. The van der Waals surface area contributed by atoms with Crippen molar-refractivity contribution in [2.45, 2.75) is 13.0 Å². The minimum absolute atomic E-state index is 0.0911. The number of aromatic nitrogens is 2. The van der Waals surface area contributed by atoms with Crippen LogP contribution in [0.25, 0.3) is 10.6 Å². The topological polar surface area (TPSA) is 54.9 Å². The Morgan fingerprint density at radius 3 is 2.48 bits per heavy atom. The van der Waals surface area contributed by atoms with Crippen LogP contribution in [-0.2, 0) is 0 Å². The van der Waals surface area contributed by atoms with Gasteiger partial charge in [0.1, 0.15) is 5.01 Å². The predicted octanol–water partition coefficient (Wildman–Crippen LogP) is 4.35. The van der Waals surface area contributed by atoms with Gasteiger partial charge in [-0.3, -0.25) is 4.79 Å². The standard InChI is InChI=1S/C17H14ClN3OS/c1-11(12-5-3-2-4-6-12)19-15(22)17-21-20-16(23-17)13-7-9-14(18)10-8-13/h2-11H,1H3,(H,19,22)/t11-/m0/s1. The van der Waals surface area contributed by atoms with Crippen LogP contribution in [0.15, 0.2) is 54.6 Å². The molecule has 0 saturated carbocycles. The molecular weight excluding hydrogens is 330 g/mol. The zero-order chi connectivity index (χ0) is 16.2. The van der Waals surface area contributed by atoms with Crippen molar-refractivity contribution in [3.05, 3.63) is 70.2 Å². The Morgan fingerprint density at radius 1 is 1.09 bits per heavy atom. The Balaban J connectivity index is 1.72. The zero-order valence-electron chi connectivity index (χ0n) is 12.4. The second-order valence-corrected chi connectivity index (χ2v) is 6.44. The quantitative estimate of drug-likeness (QED) is 0.766. The van der Waals surface area contributed by atoms with Gasteiger partial charge in [-0.15, -0.1) is 10.2 Å². The molecule has 0 aliphatic carbocycles. The molecule has 0 radical (unpaired) electrons. The summed E-state index contributed by atoms with van der Waals surface area (Å²) < 4.78 is 0. The van der Waals surface area contributed by atoms with Gasteiger partial charge in [-0.25, -0.2) is 0 Å². The van der Waals surface area contributed by atoms with Gasteiger partial charge in [0.25, 0.3) is 5.91 Å². The van der Waals surface area contributed by atoms with Crippen molar-refractivity contribution >= 4 is 28.8 Å². The summed E-state index contributed by atoms with van der Waals surface area (Å²) in [6.07, 6.45) is 0. The summed E-state index contributed by atoms with van der Waals surface area (Å²) in [5.74, 6) is -0.223. The van der Waals surface area contributed by atoms with Crippen LogP contribution in [0.3, 0.4) is 0 Å². The highest BCUT2D eigenvalue weighted by Gasteiger charge is 2.16. The van der Waals surface area contributed by atoms with Crippen molar-refractivity contribution in [1.29, 1.82) is 0 Å². The fourth-order valence-corrected chi connectivity index (χ4v) is 2.99. The summed E-state index contributed by atoms with van der Waals surface area (Å²) in [5.41, 5.74) is 1.94. The van der Waals surface area contributed by atoms with E-state index >= 15 is 0 Å². The van der Waals surface area contributed by atoms with Crippen molar-refractivity contribution < 1.29 is 4.79 Å². The molecule has 0 spiro atoms. The average Bonchev–Trinajstić information content (AvgIpc) is 3.06. The van der Waals surface area contributed by atoms with E-state index in [2.05, 4.69) is 15.5 Å². The molecule has 2 aromatic carbocycles. The minimum atomic E-state index is -0.223. The largest absolute Gasteiger partial charge is 0.343 e. The van der Waals surface area contributed by atoms with Gasteiger partial charge in [0.15, 0.2) is 0 Å². The van der Waals surface area contributed by atoms with Crippen LogP contribution in [0.5, 0.6) is 0 Å². The molecule has 3 aromatic rings. The number of carbonyl (C=O) groups is 1. The van der Waals surface area contributed by atoms with E-state index in [-0.39, 0.29) is 11.9 Å². The maximum Gasteiger partial charge on any atom is 0.282 e. The van der Waals surface area contributed by atoms with Crippen LogP contribution >= 0.6 is 22.9 Å². The Bertz CT molecular complexity index is 802. The van der Waals surface area contributed by atoms with Gasteiger partial charge in [0.05, 0.1) is 6.04 Å². The van der Waals surface area contributed by atoms with E-state index in [1.807, 2.05) is 49.4 Å². The second kappa shape index (κ2) is 6.89. The molecule has 3 rings (SSSR count). The highest BCUT2D eigenvalue weighted by atomic mass is 35.5. The van der Waals surface area contributed by atoms with Gasteiger partial charge >= 0.3 is 0 Å².